The molecule has 0 bridgehead atoms. The van der Waals surface area contributed by atoms with E-state index in [2.05, 4.69) is 36.5 Å². The van der Waals surface area contributed by atoms with Gasteiger partial charge < -0.3 is 10.2 Å². The Kier molecular flexibility index (Phi) is 4.37. The third-order valence-electron chi connectivity index (χ3n) is 3.71. The molecular weight excluding hydrogens is 224 g/mol. The molecule has 18 heavy (non-hydrogen) atoms. The van der Waals surface area contributed by atoms with E-state index in [4.69, 9.17) is 0 Å². The van der Waals surface area contributed by atoms with E-state index >= 15 is 0 Å². The first-order valence-corrected chi connectivity index (χ1v) is 6.69. The van der Waals surface area contributed by atoms with Crippen LogP contribution in [0.2, 0.25) is 0 Å². The fourth-order valence-electron chi connectivity index (χ4n) is 2.42. The number of likely N-dealkylation sites (tertiary alicyclic amines) is 1. The van der Waals surface area contributed by atoms with Crippen molar-refractivity contribution in [2.45, 2.75) is 31.7 Å². The predicted molar refractivity (Wildman–Crippen MR) is 73.5 cm³/mol. The second kappa shape index (κ2) is 6.01. The standard InChI is InChI=1S/C15H22N2O/c1-12(13-6-4-3-5-7-13)10-16-14-8-9-15(18)17(2)11-14/h3-7,12,14,16H,8-11H2,1-2H3. The number of likely N-dealkylation sites (N-methyl/N-ethyl adjacent to an activating group) is 1. The third kappa shape index (κ3) is 3.33. The van der Waals surface area contributed by atoms with Gasteiger partial charge in [-0.1, -0.05) is 37.3 Å². The van der Waals surface area contributed by atoms with Crippen molar-refractivity contribution in [3.05, 3.63) is 35.9 Å². The van der Waals surface area contributed by atoms with Gasteiger partial charge in [-0.2, -0.15) is 0 Å². The molecule has 1 N–H and O–H groups in total. The molecule has 1 amide bonds. The van der Waals surface area contributed by atoms with Crippen molar-refractivity contribution >= 4 is 5.91 Å². The number of hydrogen-bond donors (Lipinski definition) is 1. The number of rotatable bonds is 4. The SMILES string of the molecule is CC(CNC1CCC(=O)N(C)C1)c1ccccc1. The lowest BCUT2D eigenvalue weighted by Crippen LogP contribution is -2.47. The smallest absolute Gasteiger partial charge is 0.222 e. The van der Waals surface area contributed by atoms with Gasteiger partial charge in [0.15, 0.2) is 0 Å². The summed E-state index contributed by atoms with van der Waals surface area (Å²) in [4.78, 5) is 13.2. The molecule has 0 radical (unpaired) electrons. The van der Waals surface area contributed by atoms with Crippen LogP contribution in [-0.2, 0) is 4.79 Å². The predicted octanol–water partition coefficient (Wildman–Crippen LogP) is 2.00. The highest BCUT2D eigenvalue weighted by Gasteiger charge is 2.22. The van der Waals surface area contributed by atoms with Crippen molar-refractivity contribution in [2.24, 2.45) is 0 Å². The Balaban J connectivity index is 1.80. The van der Waals surface area contributed by atoms with Gasteiger partial charge in [0.2, 0.25) is 5.91 Å². The van der Waals surface area contributed by atoms with Gasteiger partial charge in [-0.15, -0.1) is 0 Å². The van der Waals surface area contributed by atoms with Crippen molar-refractivity contribution in [2.75, 3.05) is 20.1 Å². The summed E-state index contributed by atoms with van der Waals surface area (Å²) in [5.74, 6) is 0.776. The first kappa shape index (κ1) is 13.1. The number of carbonyl (C=O) groups excluding carboxylic acids is 1. The minimum Gasteiger partial charge on any atom is -0.344 e. The monoisotopic (exact) mass is 246 g/mol. The Bertz CT molecular complexity index is 391. The van der Waals surface area contributed by atoms with Crippen LogP contribution in [0.5, 0.6) is 0 Å². The lowest BCUT2D eigenvalue weighted by atomic mass is 9.99. The van der Waals surface area contributed by atoms with Crippen molar-refractivity contribution < 1.29 is 4.79 Å². The fraction of sp³-hybridized carbons (Fsp3) is 0.533. The Labute approximate surface area is 109 Å². The Hall–Kier alpha value is -1.35. The van der Waals surface area contributed by atoms with Crippen LogP contribution >= 0.6 is 0 Å². The van der Waals surface area contributed by atoms with E-state index in [0.29, 0.717) is 18.4 Å². The van der Waals surface area contributed by atoms with Gasteiger partial charge in [0.05, 0.1) is 0 Å². The third-order valence-corrected chi connectivity index (χ3v) is 3.71. The summed E-state index contributed by atoms with van der Waals surface area (Å²) >= 11 is 0. The molecule has 3 nitrogen and oxygen atoms in total. The lowest BCUT2D eigenvalue weighted by Gasteiger charge is -2.31. The Morgan fingerprint density at radius 2 is 2.11 bits per heavy atom. The minimum atomic E-state index is 0.268. The van der Waals surface area contributed by atoms with Gasteiger partial charge in [-0.25, -0.2) is 0 Å². The normalized spacial score (nSPS) is 22.0. The van der Waals surface area contributed by atoms with Gasteiger partial charge in [-0.05, 0) is 17.9 Å². The summed E-state index contributed by atoms with van der Waals surface area (Å²) in [6.07, 6.45) is 1.64. The van der Waals surface area contributed by atoms with Crippen molar-refractivity contribution in [3.63, 3.8) is 0 Å². The molecule has 0 saturated carbocycles. The molecular formula is C15H22N2O. The van der Waals surface area contributed by atoms with Crippen LogP contribution in [0.1, 0.15) is 31.2 Å². The summed E-state index contributed by atoms with van der Waals surface area (Å²) in [5.41, 5.74) is 1.37. The molecule has 1 aromatic carbocycles. The van der Waals surface area contributed by atoms with Crippen LogP contribution in [0, 0.1) is 0 Å². The quantitative estimate of drug-likeness (QED) is 0.881. The van der Waals surface area contributed by atoms with Gasteiger partial charge in [0.25, 0.3) is 0 Å². The number of nitrogens with zero attached hydrogens (tertiary/aromatic N) is 1. The van der Waals surface area contributed by atoms with Gasteiger partial charge in [-0.3, -0.25) is 4.79 Å². The van der Waals surface area contributed by atoms with Crippen LogP contribution in [0.3, 0.4) is 0 Å². The summed E-state index contributed by atoms with van der Waals surface area (Å²) in [6, 6.07) is 11.0. The molecule has 1 saturated heterocycles. The number of amides is 1. The van der Waals surface area contributed by atoms with E-state index in [1.54, 1.807) is 0 Å². The molecule has 98 valence electrons. The molecule has 1 heterocycles. The zero-order valence-corrected chi connectivity index (χ0v) is 11.2. The van der Waals surface area contributed by atoms with E-state index in [-0.39, 0.29) is 5.91 Å². The van der Waals surface area contributed by atoms with Crippen LogP contribution in [0.4, 0.5) is 0 Å². The maximum absolute atomic E-state index is 11.4. The van der Waals surface area contributed by atoms with Crippen molar-refractivity contribution in [1.82, 2.24) is 10.2 Å². The molecule has 1 aromatic rings. The number of benzene rings is 1. The second-order valence-corrected chi connectivity index (χ2v) is 5.23. The average molecular weight is 246 g/mol. The van der Waals surface area contributed by atoms with Crippen molar-refractivity contribution in [1.29, 1.82) is 0 Å². The number of carbonyl (C=O) groups is 1. The summed E-state index contributed by atoms with van der Waals surface area (Å²) in [6.45, 7) is 4.04. The fourth-order valence-corrected chi connectivity index (χ4v) is 2.42. The highest BCUT2D eigenvalue weighted by Crippen LogP contribution is 2.15. The summed E-state index contributed by atoms with van der Waals surface area (Å²) < 4.78 is 0. The number of piperidine rings is 1. The van der Waals surface area contributed by atoms with Crippen LogP contribution in [0.25, 0.3) is 0 Å². The zero-order chi connectivity index (χ0) is 13.0. The molecule has 0 aliphatic carbocycles. The van der Waals surface area contributed by atoms with E-state index in [1.807, 2.05) is 18.0 Å². The Morgan fingerprint density at radius 1 is 1.39 bits per heavy atom. The molecule has 2 atom stereocenters. The molecule has 1 fully saturated rings. The van der Waals surface area contributed by atoms with Crippen LogP contribution in [-0.4, -0.2) is 37.0 Å². The van der Waals surface area contributed by atoms with Crippen molar-refractivity contribution in [3.8, 4) is 0 Å². The number of nitrogens with one attached hydrogen (secondary N) is 1. The summed E-state index contributed by atoms with van der Waals surface area (Å²) in [7, 11) is 1.89. The maximum Gasteiger partial charge on any atom is 0.222 e. The minimum absolute atomic E-state index is 0.268. The van der Waals surface area contributed by atoms with Crippen LogP contribution < -0.4 is 5.32 Å². The topological polar surface area (TPSA) is 32.3 Å². The highest BCUT2D eigenvalue weighted by atomic mass is 16.2. The largest absolute Gasteiger partial charge is 0.344 e. The Morgan fingerprint density at radius 3 is 2.78 bits per heavy atom. The van der Waals surface area contributed by atoms with E-state index in [9.17, 15) is 4.79 Å². The van der Waals surface area contributed by atoms with E-state index in [1.165, 1.54) is 5.56 Å². The first-order chi connectivity index (χ1) is 8.66. The molecule has 2 unspecified atom stereocenters. The molecule has 1 aliphatic heterocycles. The highest BCUT2D eigenvalue weighted by molar-refractivity contribution is 5.76. The maximum atomic E-state index is 11.4. The van der Waals surface area contributed by atoms with E-state index in [0.717, 1.165) is 19.5 Å². The second-order valence-electron chi connectivity index (χ2n) is 5.23. The van der Waals surface area contributed by atoms with E-state index < -0.39 is 0 Å². The van der Waals surface area contributed by atoms with Crippen LogP contribution in [0.15, 0.2) is 30.3 Å². The van der Waals surface area contributed by atoms with Gasteiger partial charge in [0, 0.05) is 32.6 Å². The van der Waals surface area contributed by atoms with Gasteiger partial charge >= 0.3 is 0 Å². The zero-order valence-electron chi connectivity index (χ0n) is 11.2. The molecule has 1 aliphatic rings. The molecule has 2 rings (SSSR count). The first-order valence-electron chi connectivity index (χ1n) is 6.69. The lowest BCUT2D eigenvalue weighted by molar-refractivity contribution is -0.132. The molecule has 0 spiro atoms. The molecule has 0 aromatic heterocycles. The summed E-state index contributed by atoms with van der Waals surface area (Å²) in [5, 5.41) is 3.58. The molecule has 3 heteroatoms. The average Bonchev–Trinajstić information content (AvgIpc) is 2.41. The number of hydrogen-bond acceptors (Lipinski definition) is 2. The van der Waals surface area contributed by atoms with Gasteiger partial charge in [0.1, 0.15) is 0 Å².